The van der Waals surface area contributed by atoms with Crippen LogP contribution in [0.2, 0.25) is 5.02 Å². The molecule has 4 heteroatoms. The number of carboxylic acid groups (broad SMARTS) is 1. The summed E-state index contributed by atoms with van der Waals surface area (Å²) >= 11 is 6.21. The van der Waals surface area contributed by atoms with Gasteiger partial charge >= 0.3 is 5.97 Å². The number of rotatable bonds is 5. The fraction of sp³-hybridized carbons (Fsp3) is 0.500. The molecule has 3 nitrogen and oxygen atoms in total. The second kappa shape index (κ2) is 5.19. The Morgan fingerprint density at radius 2 is 2.17 bits per heavy atom. The zero-order chi connectivity index (χ0) is 13.3. The Hall–Kier alpha value is -1.22. The average molecular weight is 268 g/mol. The highest BCUT2D eigenvalue weighted by Crippen LogP contribution is 2.35. The maximum absolute atomic E-state index is 10.9. The zero-order valence-electron chi connectivity index (χ0n) is 10.7. The average Bonchev–Trinajstić information content (AvgIpc) is 3.09. The normalized spacial score (nSPS) is 14.9. The van der Waals surface area contributed by atoms with Gasteiger partial charge in [-0.25, -0.2) is 4.79 Å². The van der Waals surface area contributed by atoms with Gasteiger partial charge in [0.15, 0.2) is 0 Å². The molecular formula is C14H18ClNO2. The highest BCUT2D eigenvalue weighted by atomic mass is 35.5. The Labute approximate surface area is 112 Å². The van der Waals surface area contributed by atoms with Gasteiger partial charge in [-0.2, -0.15) is 0 Å². The molecular weight excluding hydrogens is 250 g/mol. The molecule has 1 saturated carbocycles. The Kier molecular flexibility index (Phi) is 3.81. The minimum absolute atomic E-state index is 0.235. The van der Waals surface area contributed by atoms with E-state index in [1.54, 1.807) is 6.07 Å². The third-order valence-electron chi connectivity index (χ3n) is 3.28. The van der Waals surface area contributed by atoms with Gasteiger partial charge in [0.1, 0.15) is 0 Å². The molecule has 1 fully saturated rings. The molecule has 1 N–H and O–H groups in total. The zero-order valence-corrected chi connectivity index (χ0v) is 11.4. The fourth-order valence-corrected chi connectivity index (χ4v) is 2.33. The van der Waals surface area contributed by atoms with Gasteiger partial charge in [-0.15, -0.1) is 0 Å². The van der Waals surface area contributed by atoms with Crippen LogP contribution in [0.1, 0.15) is 37.0 Å². The van der Waals surface area contributed by atoms with Crippen LogP contribution >= 0.6 is 11.6 Å². The molecule has 0 unspecified atom stereocenters. The van der Waals surface area contributed by atoms with Crippen LogP contribution in [-0.2, 0) is 0 Å². The van der Waals surface area contributed by atoms with Gasteiger partial charge in [0.05, 0.1) is 16.3 Å². The lowest BCUT2D eigenvalue weighted by atomic mass is 10.1. The molecule has 98 valence electrons. The quantitative estimate of drug-likeness (QED) is 0.885. The first-order chi connectivity index (χ1) is 8.49. The molecule has 0 saturated heterocycles. The van der Waals surface area contributed by atoms with Crippen LogP contribution in [0, 0.1) is 5.92 Å². The predicted molar refractivity (Wildman–Crippen MR) is 73.6 cm³/mol. The van der Waals surface area contributed by atoms with Crippen LogP contribution in [0.25, 0.3) is 0 Å². The van der Waals surface area contributed by atoms with E-state index in [2.05, 4.69) is 18.7 Å². The summed E-state index contributed by atoms with van der Waals surface area (Å²) in [6.07, 6.45) is 2.57. The summed E-state index contributed by atoms with van der Waals surface area (Å²) in [4.78, 5) is 13.1. The van der Waals surface area contributed by atoms with Crippen molar-refractivity contribution in [1.29, 1.82) is 0 Å². The highest BCUT2D eigenvalue weighted by molar-refractivity contribution is 6.33. The Balaban J connectivity index is 2.26. The predicted octanol–water partition coefficient (Wildman–Crippen LogP) is 3.66. The lowest BCUT2D eigenvalue weighted by molar-refractivity contribution is 0.0697. The first-order valence-electron chi connectivity index (χ1n) is 6.28. The van der Waals surface area contributed by atoms with E-state index in [-0.39, 0.29) is 5.56 Å². The molecule has 0 amide bonds. The Morgan fingerprint density at radius 1 is 1.50 bits per heavy atom. The molecule has 1 aliphatic carbocycles. The van der Waals surface area contributed by atoms with Crippen molar-refractivity contribution in [2.75, 3.05) is 11.4 Å². The minimum atomic E-state index is -0.943. The molecule has 0 aromatic heterocycles. The summed E-state index contributed by atoms with van der Waals surface area (Å²) in [5.41, 5.74) is 1.17. The molecule has 0 atom stereocenters. The van der Waals surface area contributed by atoms with Crippen molar-refractivity contribution in [3.05, 3.63) is 28.8 Å². The molecule has 0 heterocycles. The van der Waals surface area contributed by atoms with Gasteiger partial charge in [0.2, 0.25) is 0 Å². The number of benzene rings is 1. The smallest absolute Gasteiger partial charge is 0.335 e. The number of hydrogen-bond donors (Lipinski definition) is 1. The highest BCUT2D eigenvalue weighted by Gasteiger charge is 2.26. The number of anilines is 1. The lowest BCUT2D eigenvalue weighted by Gasteiger charge is -2.30. The van der Waals surface area contributed by atoms with Crippen molar-refractivity contribution in [2.45, 2.75) is 32.7 Å². The van der Waals surface area contributed by atoms with Gasteiger partial charge in [-0.05, 0) is 50.8 Å². The molecule has 0 spiro atoms. The second-order valence-electron chi connectivity index (χ2n) is 5.16. The maximum atomic E-state index is 10.9. The maximum Gasteiger partial charge on any atom is 0.335 e. The Morgan fingerprint density at radius 3 is 2.61 bits per heavy atom. The number of aromatic carboxylic acids is 1. The summed E-state index contributed by atoms with van der Waals surface area (Å²) in [6.45, 7) is 5.26. The number of carbonyl (C=O) groups is 1. The van der Waals surface area contributed by atoms with Crippen LogP contribution in [0.5, 0.6) is 0 Å². The largest absolute Gasteiger partial charge is 0.478 e. The van der Waals surface area contributed by atoms with Crippen molar-refractivity contribution in [3.8, 4) is 0 Å². The van der Waals surface area contributed by atoms with Crippen LogP contribution in [-0.4, -0.2) is 23.7 Å². The second-order valence-corrected chi connectivity index (χ2v) is 5.57. The van der Waals surface area contributed by atoms with Crippen molar-refractivity contribution in [1.82, 2.24) is 0 Å². The van der Waals surface area contributed by atoms with E-state index in [0.29, 0.717) is 11.1 Å². The monoisotopic (exact) mass is 267 g/mol. The standard InChI is InChI=1S/C14H18ClNO2/c1-9(2)16(8-10-3-4-10)13-6-5-11(14(17)18)7-12(13)15/h5-7,9-10H,3-4,8H2,1-2H3,(H,17,18). The van der Waals surface area contributed by atoms with Crippen molar-refractivity contribution in [3.63, 3.8) is 0 Å². The van der Waals surface area contributed by atoms with E-state index >= 15 is 0 Å². The number of hydrogen-bond acceptors (Lipinski definition) is 2. The summed E-state index contributed by atoms with van der Waals surface area (Å²) in [7, 11) is 0. The van der Waals surface area contributed by atoms with E-state index in [0.717, 1.165) is 18.2 Å². The van der Waals surface area contributed by atoms with E-state index in [1.165, 1.54) is 18.9 Å². The van der Waals surface area contributed by atoms with Crippen LogP contribution in [0.15, 0.2) is 18.2 Å². The summed E-state index contributed by atoms with van der Waals surface area (Å²) in [5.74, 6) is -0.177. The molecule has 0 radical (unpaired) electrons. The van der Waals surface area contributed by atoms with Crippen molar-refractivity contribution >= 4 is 23.3 Å². The molecule has 1 aromatic rings. The van der Waals surface area contributed by atoms with Crippen molar-refractivity contribution in [2.24, 2.45) is 5.92 Å². The first-order valence-corrected chi connectivity index (χ1v) is 6.66. The van der Waals surface area contributed by atoms with Crippen LogP contribution < -0.4 is 4.90 Å². The van der Waals surface area contributed by atoms with Crippen LogP contribution in [0.3, 0.4) is 0 Å². The molecule has 1 aromatic carbocycles. The first kappa shape index (κ1) is 13.2. The fourth-order valence-electron chi connectivity index (χ4n) is 2.04. The number of nitrogens with zero attached hydrogens (tertiary/aromatic N) is 1. The third kappa shape index (κ3) is 2.96. The molecule has 18 heavy (non-hydrogen) atoms. The topological polar surface area (TPSA) is 40.5 Å². The van der Waals surface area contributed by atoms with Crippen LogP contribution in [0.4, 0.5) is 5.69 Å². The number of halogens is 1. The summed E-state index contributed by atoms with van der Waals surface area (Å²) in [5, 5.41) is 9.45. The van der Waals surface area contributed by atoms with E-state index in [4.69, 9.17) is 16.7 Å². The SMILES string of the molecule is CC(C)N(CC1CC1)c1ccc(C(=O)O)cc1Cl. The summed E-state index contributed by atoms with van der Waals surface area (Å²) in [6, 6.07) is 5.32. The Bertz CT molecular complexity index is 455. The molecule has 2 rings (SSSR count). The van der Waals surface area contributed by atoms with Gasteiger partial charge in [-0.3, -0.25) is 0 Å². The summed E-state index contributed by atoms with van der Waals surface area (Å²) < 4.78 is 0. The third-order valence-corrected chi connectivity index (χ3v) is 3.58. The van der Waals surface area contributed by atoms with Gasteiger partial charge in [-0.1, -0.05) is 11.6 Å². The van der Waals surface area contributed by atoms with Gasteiger partial charge < -0.3 is 10.0 Å². The van der Waals surface area contributed by atoms with Crippen molar-refractivity contribution < 1.29 is 9.90 Å². The lowest BCUT2D eigenvalue weighted by Crippen LogP contribution is -2.33. The van der Waals surface area contributed by atoms with E-state index < -0.39 is 5.97 Å². The van der Waals surface area contributed by atoms with Gasteiger partial charge in [0.25, 0.3) is 0 Å². The molecule has 0 bridgehead atoms. The molecule has 1 aliphatic rings. The minimum Gasteiger partial charge on any atom is -0.478 e. The van der Waals surface area contributed by atoms with Gasteiger partial charge in [0, 0.05) is 12.6 Å². The van der Waals surface area contributed by atoms with E-state index in [1.807, 2.05) is 6.07 Å². The number of carboxylic acids is 1. The molecule has 0 aliphatic heterocycles. The van der Waals surface area contributed by atoms with E-state index in [9.17, 15) is 4.79 Å².